The number of hydrogen-bond acceptors (Lipinski definition) is 1. The van der Waals surface area contributed by atoms with Crippen LogP contribution >= 0.6 is 0 Å². The highest BCUT2D eigenvalue weighted by molar-refractivity contribution is 5.42. The molecule has 2 N–H and O–H groups in total. The maximum atomic E-state index is 5.75. The number of benzene rings is 2. The van der Waals surface area contributed by atoms with Crippen LogP contribution in [0.15, 0.2) is 42.5 Å². The molecule has 1 saturated carbocycles. The van der Waals surface area contributed by atoms with E-state index >= 15 is 0 Å². The quantitative estimate of drug-likeness (QED) is 0.766. The van der Waals surface area contributed by atoms with Crippen molar-refractivity contribution in [1.82, 2.24) is 0 Å². The van der Waals surface area contributed by atoms with Crippen LogP contribution in [-0.4, -0.2) is 0 Å². The van der Waals surface area contributed by atoms with Crippen LogP contribution in [0.2, 0.25) is 0 Å². The molecule has 1 nitrogen and oxygen atoms in total. The molecule has 0 aromatic heterocycles. The smallest absolute Gasteiger partial charge is 0.0314 e. The lowest BCUT2D eigenvalue weighted by atomic mass is 9.83. The Labute approximate surface area is 128 Å². The summed E-state index contributed by atoms with van der Waals surface area (Å²) < 4.78 is 0. The Hall–Kier alpha value is -1.76. The van der Waals surface area contributed by atoms with E-state index in [0.29, 0.717) is 0 Å². The first kappa shape index (κ1) is 14.2. The van der Waals surface area contributed by atoms with Crippen molar-refractivity contribution < 1.29 is 0 Å². The molecule has 1 aliphatic carbocycles. The molecule has 0 bridgehead atoms. The monoisotopic (exact) mass is 279 g/mol. The summed E-state index contributed by atoms with van der Waals surface area (Å²) in [6.07, 6.45) is 7.96. The number of nitrogen functional groups attached to an aromatic ring is 1. The Bertz CT molecular complexity index is 592. The fourth-order valence-electron chi connectivity index (χ4n) is 3.46. The highest BCUT2D eigenvalue weighted by Crippen LogP contribution is 2.33. The lowest BCUT2D eigenvalue weighted by Gasteiger charge is -2.23. The van der Waals surface area contributed by atoms with Crippen molar-refractivity contribution in [3.05, 3.63) is 64.7 Å². The van der Waals surface area contributed by atoms with Gasteiger partial charge in [-0.3, -0.25) is 0 Å². The van der Waals surface area contributed by atoms with Gasteiger partial charge in [-0.05, 0) is 66.5 Å². The van der Waals surface area contributed by atoms with Crippen LogP contribution in [0, 0.1) is 6.92 Å². The van der Waals surface area contributed by atoms with E-state index in [1.165, 1.54) is 48.8 Å². The highest BCUT2D eigenvalue weighted by Gasteiger charge is 2.16. The molecule has 0 spiro atoms. The average Bonchev–Trinajstić information content (AvgIpc) is 2.52. The summed E-state index contributed by atoms with van der Waals surface area (Å²) in [6.45, 7) is 2.25. The van der Waals surface area contributed by atoms with Gasteiger partial charge in [0.05, 0.1) is 0 Å². The van der Waals surface area contributed by atoms with Crippen LogP contribution in [0.5, 0.6) is 0 Å². The summed E-state index contributed by atoms with van der Waals surface area (Å²) in [5.74, 6) is 0.794. The van der Waals surface area contributed by atoms with Gasteiger partial charge in [-0.15, -0.1) is 0 Å². The second-order valence-corrected chi connectivity index (χ2v) is 6.44. The molecule has 1 aliphatic rings. The summed E-state index contributed by atoms with van der Waals surface area (Å²) in [4.78, 5) is 0. The highest BCUT2D eigenvalue weighted by atomic mass is 14.5. The van der Waals surface area contributed by atoms with E-state index in [1.807, 2.05) is 12.1 Å². The van der Waals surface area contributed by atoms with Crippen LogP contribution in [-0.2, 0) is 6.42 Å². The summed E-state index contributed by atoms with van der Waals surface area (Å²) in [6, 6.07) is 15.3. The summed E-state index contributed by atoms with van der Waals surface area (Å²) in [5, 5.41) is 0. The molecular formula is C20H25N. The van der Waals surface area contributed by atoms with Crippen molar-refractivity contribution in [2.24, 2.45) is 0 Å². The van der Waals surface area contributed by atoms with Gasteiger partial charge in [0.1, 0.15) is 0 Å². The van der Waals surface area contributed by atoms with E-state index in [2.05, 4.69) is 37.3 Å². The number of aryl methyl sites for hydroxylation is 1. The Kier molecular flexibility index (Phi) is 4.28. The molecule has 2 aromatic carbocycles. The van der Waals surface area contributed by atoms with Crippen LogP contribution in [0.3, 0.4) is 0 Å². The van der Waals surface area contributed by atoms with Gasteiger partial charge in [0, 0.05) is 5.69 Å². The number of hydrogen-bond donors (Lipinski definition) is 1. The van der Waals surface area contributed by atoms with Gasteiger partial charge in [-0.1, -0.05) is 49.6 Å². The van der Waals surface area contributed by atoms with E-state index in [9.17, 15) is 0 Å². The fraction of sp³-hybridized carbons (Fsp3) is 0.400. The van der Waals surface area contributed by atoms with Crippen molar-refractivity contribution in [2.45, 2.75) is 51.4 Å². The van der Waals surface area contributed by atoms with Gasteiger partial charge >= 0.3 is 0 Å². The summed E-state index contributed by atoms with van der Waals surface area (Å²) in [7, 11) is 0. The fourth-order valence-corrected chi connectivity index (χ4v) is 3.46. The molecule has 110 valence electrons. The van der Waals surface area contributed by atoms with Crippen LogP contribution < -0.4 is 5.73 Å². The van der Waals surface area contributed by atoms with Gasteiger partial charge in [0.15, 0.2) is 0 Å². The van der Waals surface area contributed by atoms with E-state index in [-0.39, 0.29) is 0 Å². The van der Waals surface area contributed by atoms with Gasteiger partial charge in [0.25, 0.3) is 0 Å². The Morgan fingerprint density at radius 1 is 0.952 bits per heavy atom. The molecule has 0 saturated heterocycles. The zero-order valence-corrected chi connectivity index (χ0v) is 12.9. The van der Waals surface area contributed by atoms with E-state index < -0.39 is 0 Å². The van der Waals surface area contributed by atoms with Crippen LogP contribution in [0.4, 0.5) is 5.69 Å². The average molecular weight is 279 g/mol. The minimum atomic E-state index is 0.794. The zero-order valence-electron chi connectivity index (χ0n) is 12.9. The maximum absolute atomic E-state index is 5.75. The third-order valence-corrected chi connectivity index (χ3v) is 4.82. The molecule has 0 radical (unpaired) electrons. The molecule has 2 aromatic rings. The lowest BCUT2D eigenvalue weighted by Crippen LogP contribution is -2.05. The molecule has 1 fully saturated rings. The Morgan fingerprint density at radius 3 is 2.33 bits per heavy atom. The minimum absolute atomic E-state index is 0.794. The molecular weight excluding hydrogens is 254 g/mol. The predicted molar refractivity (Wildman–Crippen MR) is 90.7 cm³/mol. The van der Waals surface area contributed by atoms with Crippen molar-refractivity contribution >= 4 is 5.69 Å². The third kappa shape index (κ3) is 3.47. The van der Waals surface area contributed by atoms with Crippen molar-refractivity contribution in [1.29, 1.82) is 0 Å². The SMILES string of the molecule is Cc1cc(C2CCCCC2)ccc1Cc1ccc(N)cc1. The van der Waals surface area contributed by atoms with Gasteiger partial charge in [-0.2, -0.15) is 0 Å². The van der Waals surface area contributed by atoms with Gasteiger partial charge in [-0.25, -0.2) is 0 Å². The van der Waals surface area contributed by atoms with Crippen molar-refractivity contribution in [2.75, 3.05) is 5.73 Å². The molecule has 0 aliphatic heterocycles. The summed E-state index contributed by atoms with van der Waals surface area (Å²) in [5.41, 5.74) is 12.3. The predicted octanol–water partition coefficient (Wildman–Crippen LogP) is 5.22. The Morgan fingerprint density at radius 2 is 1.67 bits per heavy atom. The summed E-state index contributed by atoms with van der Waals surface area (Å²) >= 11 is 0. The molecule has 0 heterocycles. The molecule has 21 heavy (non-hydrogen) atoms. The minimum Gasteiger partial charge on any atom is -0.399 e. The van der Waals surface area contributed by atoms with Crippen molar-refractivity contribution in [3.63, 3.8) is 0 Å². The molecule has 0 atom stereocenters. The van der Waals surface area contributed by atoms with Gasteiger partial charge in [0.2, 0.25) is 0 Å². The zero-order chi connectivity index (χ0) is 14.7. The molecule has 0 unspecified atom stereocenters. The standard InChI is InChI=1S/C20H25N/c1-15-13-19(17-5-3-2-4-6-17)10-9-18(15)14-16-7-11-20(21)12-8-16/h7-13,17H,2-6,14,21H2,1H3. The van der Waals surface area contributed by atoms with Crippen LogP contribution in [0.25, 0.3) is 0 Å². The molecule has 3 rings (SSSR count). The first-order valence-corrected chi connectivity index (χ1v) is 8.16. The molecule has 0 amide bonds. The largest absolute Gasteiger partial charge is 0.399 e. The van der Waals surface area contributed by atoms with E-state index in [0.717, 1.165) is 18.0 Å². The van der Waals surface area contributed by atoms with E-state index in [4.69, 9.17) is 5.73 Å². The maximum Gasteiger partial charge on any atom is 0.0314 e. The first-order valence-electron chi connectivity index (χ1n) is 8.16. The number of anilines is 1. The van der Waals surface area contributed by atoms with Crippen molar-refractivity contribution in [3.8, 4) is 0 Å². The molecule has 1 heteroatoms. The third-order valence-electron chi connectivity index (χ3n) is 4.82. The van der Waals surface area contributed by atoms with E-state index in [1.54, 1.807) is 5.56 Å². The number of nitrogens with two attached hydrogens (primary N) is 1. The second kappa shape index (κ2) is 6.34. The van der Waals surface area contributed by atoms with Crippen LogP contribution in [0.1, 0.15) is 60.3 Å². The second-order valence-electron chi connectivity index (χ2n) is 6.44. The normalized spacial score (nSPS) is 16.0. The number of rotatable bonds is 3. The first-order chi connectivity index (χ1) is 10.2. The Balaban J connectivity index is 1.76. The lowest BCUT2D eigenvalue weighted by molar-refractivity contribution is 0.443. The van der Waals surface area contributed by atoms with Gasteiger partial charge < -0.3 is 5.73 Å². The topological polar surface area (TPSA) is 26.0 Å².